The molecule has 0 saturated heterocycles. The first kappa shape index (κ1) is 18.0. The van der Waals surface area contributed by atoms with Crippen LogP contribution in [0.15, 0.2) is 52.9 Å². The van der Waals surface area contributed by atoms with Crippen LogP contribution in [0.3, 0.4) is 0 Å². The predicted molar refractivity (Wildman–Crippen MR) is 104 cm³/mol. The molecule has 1 heterocycles. The molecule has 3 aromatic rings. The van der Waals surface area contributed by atoms with Crippen molar-refractivity contribution >= 4 is 22.6 Å². The van der Waals surface area contributed by atoms with Crippen molar-refractivity contribution in [2.75, 3.05) is 19.0 Å². The topological polar surface area (TPSA) is 63.5 Å². The van der Waals surface area contributed by atoms with E-state index in [0.29, 0.717) is 11.3 Å². The van der Waals surface area contributed by atoms with Gasteiger partial charge in [0.2, 0.25) is 0 Å². The van der Waals surface area contributed by atoms with Crippen LogP contribution in [0.4, 0.5) is 5.69 Å². The number of ether oxygens (including phenoxy) is 1. The number of amides is 1. The number of nitrogens with one attached hydrogen (secondary N) is 2. The highest BCUT2D eigenvalue weighted by Gasteiger charge is 2.17. The number of anilines is 1. The van der Waals surface area contributed by atoms with Crippen LogP contribution < -0.4 is 15.4 Å². The molecule has 5 heteroatoms. The van der Waals surface area contributed by atoms with Crippen LogP contribution in [0.5, 0.6) is 5.75 Å². The van der Waals surface area contributed by atoms with Gasteiger partial charge in [-0.3, -0.25) is 4.79 Å². The fraction of sp³-hybridized carbons (Fsp3) is 0.286. The number of carbonyl (C=O) groups excluding carboxylic acids is 1. The van der Waals surface area contributed by atoms with Gasteiger partial charge in [0.25, 0.3) is 5.91 Å². The highest BCUT2D eigenvalue weighted by Crippen LogP contribution is 2.32. The molecular weight excluding hydrogens is 328 g/mol. The van der Waals surface area contributed by atoms with Crippen molar-refractivity contribution < 1.29 is 13.9 Å². The third kappa shape index (κ3) is 4.06. The lowest BCUT2D eigenvalue weighted by molar-refractivity contribution is 0.0998. The Bertz CT molecular complexity index is 872. The monoisotopic (exact) mass is 352 g/mol. The molecule has 1 aromatic heterocycles. The zero-order valence-corrected chi connectivity index (χ0v) is 15.2. The zero-order chi connectivity index (χ0) is 18.4. The Morgan fingerprint density at radius 1 is 1.15 bits per heavy atom. The van der Waals surface area contributed by atoms with Crippen molar-refractivity contribution in [3.63, 3.8) is 0 Å². The molecular formula is C21H24N2O3. The van der Waals surface area contributed by atoms with E-state index >= 15 is 0 Å². The molecule has 0 aliphatic rings. The summed E-state index contributed by atoms with van der Waals surface area (Å²) in [6.45, 7) is 3.85. The minimum absolute atomic E-state index is 0.267. The number of carbonyl (C=O) groups is 1. The van der Waals surface area contributed by atoms with Crippen molar-refractivity contribution in [3.05, 3.63) is 59.9 Å². The predicted octanol–water partition coefficient (Wildman–Crippen LogP) is 4.58. The largest absolute Gasteiger partial charge is 0.493 e. The molecule has 0 aliphatic heterocycles. The Labute approximate surface area is 153 Å². The summed E-state index contributed by atoms with van der Waals surface area (Å²) in [4.78, 5) is 12.5. The van der Waals surface area contributed by atoms with Crippen molar-refractivity contribution in [1.82, 2.24) is 5.32 Å². The van der Waals surface area contributed by atoms with Gasteiger partial charge in [-0.05, 0) is 42.8 Å². The first-order chi connectivity index (χ1) is 12.7. The van der Waals surface area contributed by atoms with Crippen LogP contribution in [-0.2, 0) is 6.54 Å². The number of fused-ring (bicyclic) bond motifs is 1. The van der Waals surface area contributed by atoms with Gasteiger partial charge in [0, 0.05) is 17.6 Å². The Morgan fingerprint density at radius 2 is 1.96 bits per heavy atom. The van der Waals surface area contributed by atoms with Crippen LogP contribution in [0, 0.1) is 0 Å². The fourth-order valence-electron chi connectivity index (χ4n) is 2.82. The van der Waals surface area contributed by atoms with Gasteiger partial charge in [-0.25, -0.2) is 0 Å². The standard InChI is InChI=1S/C21H24N2O3/c1-3-4-12-22-14-15-10-11-18(25-2)20-17(15)13-19(26-20)21(24)23-16-8-6-5-7-9-16/h5-11,13,22H,3-4,12,14H2,1-2H3,(H,23,24). The van der Waals surface area contributed by atoms with Gasteiger partial charge >= 0.3 is 0 Å². The van der Waals surface area contributed by atoms with Gasteiger partial charge in [-0.1, -0.05) is 37.6 Å². The third-order valence-electron chi connectivity index (χ3n) is 4.24. The maximum Gasteiger partial charge on any atom is 0.291 e. The number of para-hydroxylation sites is 1. The molecule has 136 valence electrons. The molecule has 5 nitrogen and oxygen atoms in total. The quantitative estimate of drug-likeness (QED) is 0.582. The van der Waals surface area contributed by atoms with E-state index < -0.39 is 0 Å². The Hall–Kier alpha value is -2.79. The minimum atomic E-state index is -0.278. The summed E-state index contributed by atoms with van der Waals surface area (Å²) in [5.74, 6) is 0.610. The lowest BCUT2D eigenvalue weighted by Crippen LogP contribution is -2.14. The molecule has 2 aromatic carbocycles. The SMILES string of the molecule is CCCCNCc1ccc(OC)c2oc(C(=O)Nc3ccccc3)cc12. The van der Waals surface area contributed by atoms with E-state index in [9.17, 15) is 4.79 Å². The fourth-order valence-corrected chi connectivity index (χ4v) is 2.82. The lowest BCUT2D eigenvalue weighted by atomic mass is 10.1. The average Bonchev–Trinajstić information content (AvgIpc) is 3.12. The van der Waals surface area contributed by atoms with Crippen molar-refractivity contribution in [3.8, 4) is 5.75 Å². The van der Waals surface area contributed by atoms with Gasteiger partial charge in [0.1, 0.15) is 0 Å². The van der Waals surface area contributed by atoms with Crippen molar-refractivity contribution in [2.24, 2.45) is 0 Å². The number of benzene rings is 2. The first-order valence-electron chi connectivity index (χ1n) is 8.89. The molecule has 0 atom stereocenters. The maximum absolute atomic E-state index is 12.5. The van der Waals surface area contributed by atoms with Crippen LogP contribution in [-0.4, -0.2) is 19.6 Å². The summed E-state index contributed by atoms with van der Waals surface area (Å²) in [5, 5.41) is 7.17. The molecule has 26 heavy (non-hydrogen) atoms. The normalized spacial score (nSPS) is 10.8. The average molecular weight is 352 g/mol. The molecule has 2 N–H and O–H groups in total. The summed E-state index contributed by atoms with van der Waals surface area (Å²) in [6.07, 6.45) is 2.29. The number of hydrogen-bond acceptors (Lipinski definition) is 4. The molecule has 0 saturated carbocycles. The van der Waals surface area contributed by atoms with E-state index in [1.54, 1.807) is 13.2 Å². The van der Waals surface area contributed by atoms with Gasteiger partial charge in [-0.15, -0.1) is 0 Å². The van der Waals surface area contributed by atoms with Gasteiger partial charge in [0.15, 0.2) is 17.1 Å². The third-order valence-corrected chi connectivity index (χ3v) is 4.24. The maximum atomic E-state index is 12.5. The second-order valence-corrected chi connectivity index (χ2v) is 6.13. The van der Waals surface area contributed by atoms with Crippen LogP contribution in [0.25, 0.3) is 11.0 Å². The van der Waals surface area contributed by atoms with E-state index in [-0.39, 0.29) is 11.7 Å². The summed E-state index contributed by atoms with van der Waals surface area (Å²) < 4.78 is 11.2. The smallest absolute Gasteiger partial charge is 0.291 e. The van der Waals surface area contributed by atoms with E-state index in [2.05, 4.69) is 17.6 Å². The summed E-state index contributed by atoms with van der Waals surface area (Å²) in [6, 6.07) is 15.0. The van der Waals surface area contributed by atoms with E-state index in [0.717, 1.165) is 42.6 Å². The van der Waals surface area contributed by atoms with Crippen LogP contribution in [0.1, 0.15) is 35.9 Å². The van der Waals surface area contributed by atoms with E-state index in [1.165, 1.54) is 0 Å². The number of rotatable bonds is 8. The van der Waals surface area contributed by atoms with Crippen LogP contribution in [0.2, 0.25) is 0 Å². The number of furan rings is 1. The van der Waals surface area contributed by atoms with E-state index in [1.807, 2.05) is 42.5 Å². The summed E-state index contributed by atoms with van der Waals surface area (Å²) >= 11 is 0. The second kappa shape index (κ2) is 8.54. The molecule has 0 bridgehead atoms. The molecule has 0 unspecified atom stereocenters. The lowest BCUT2D eigenvalue weighted by Gasteiger charge is -2.07. The van der Waals surface area contributed by atoms with Crippen molar-refractivity contribution in [1.29, 1.82) is 0 Å². The van der Waals surface area contributed by atoms with Gasteiger partial charge in [-0.2, -0.15) is 0 Å². The van der Waals surface area contributed by atoms with Crippen molar-refractivity contribution in [2.45, 2.75) is 26.3 Å². The first-order valence-corrected chi connectivity index (χ1v) is 8.89. The zero-order valence-electron chi connectivity index (χ0n) is 15.2. The molecule has 0 spiro atoms. The Morgan fingerprint density at radius 3 is 2.69 bits per heavy atom. The molecule has 0 fully saturated rings. The second-order valence-electron chi connectivity index (χ2n) is 6.13. The molecule has 0 aliphatic carbocycles. The number of methoxy groups -OCH3 is 1. The highest BCUT2D eigenvalue weighted by molar-refractivity contribution is 6.05. The summed E-state index contributed by atoms with van der Waals surface area (Å²) in [7, 11) is 1.60. The van der Waals surface area contributed by atoms with E-state index in [4.69, 9.17) is 9.15 Å². The molecule has 1 amide bonds. The van der Waals surface area contributed by atoms with Gasteiger partial charge < -0.3 is 19.8 Å². The Balaban J connectivity index is 1.86. The molecule has 3 rings (SSSR count). The molecule has 0 radical (unpaired) electrons. The van der Waals surface area contributed by atoms with Crippen LogP contribution >= 0.6 is 0 Å². The Kier molecular flexibility index (Phi) is 5.92. The summed E-state index contributed by atoms with van der Waals surface area (Å²) in [5.41, 5.74) is 2.41. The number of hydrogen-bond donors (Lipinski definition) is 2. The highest BCUT2D eigenvalue weighted by atomic mass is 16.5. The van der Waals surface area contributed by atoms with Gasteiger partial charge in [0.05, 0.1) is 7.11 Å². The number of unbranched alkanes of at least 4 members (excludes halogenated alkanes) is 1. The minimum Gasteiger partial charge on any atom is -0.493 e.